The molecule has 104 valence electrons. The van der Waals surface area contributed by atoms with Crippen molar-refractivity contribution in [3.8, 4) is 0 Å². The van der Waals surface area contributed by atoms with Crippen LogP contribution in [0, 0.1) is 5.41 Å². The summed E-state index contributed by atoms with van der Waals surface area (Å²) in [5.74, 6) is 0.186. The number of hydrogen-bond acceptors (Lipinski definition) is 3. The summed E-state index contributed by atoms with van der Waals surface area (Å²) < 4.78 is 0. The molecule has 1 saturated heterocycles. The lowest BCUT2D eigenvalue weighted by Crippen LogP contribution is -2.49. The molecule has 2 N–H and O–H groups in total. The number of pyridine rings is 1. The molecule has 1 aromatic heterocycles. The van der Waals surface area contributed by atoms with E-state index in [1.54, 1.807) is 13.2 Å². The Hall–Kier alpha value is -1.42. The fourth-order valence-electron chi connectivity index (χ4n) is 2.93. The van der Waals surface area contributed by atoms with Crippen LogP contribution in [0.15, 0.2) is 24.5 Å². The molecule has 2 heterocycles. The highest BCUT2D eigenvalue weighted by atomic mass is 16.2. The lowest BCUT2D eigenvalue weighted by atomic mass is 9.75. The van der Waals surface area contributed by atoms with Gasteiger partial charge < -0.3 is 10.6 Å². The Bertz CT molecular complexity index is 399. The first kappa shape index (κ1) is 14.0. The molecular formula is C15H23N3O. The van der Waals surface area contributed by atoms with Crippen LogP contribution in [0.25, 0.3) is 0 Å². The van der Waals surface area contributed by atoms with E-state index in [1.807, 2.05) is 12.3 Å². The van der Waals surface area contributed by atoms with Gasteiger partial charge in [0.1, 0.15) is 0 Å². The molecule has 0 aliphatic carbocycles. The Kier molecular flexibility index (Phi) is 4.91. The SMILES string of the molecule is CNC(=O)[C@]1(CCCc2cccnc2)CCCNC1. The Morgan fingerprint density at radius 2 is 2.47 bits per heavy atom. The van der Waals surface area contributed by atoms with Crippen LogP contribution in [0.1, 0.15) is 31.2 Å². The van der Waals surface area contributed by atoms with E-state index in [0.29, 0.717) is 0 Å². The van der Waals surface area contributed by atoms with Crippen molar-refractivity contribution in [1.29, 1.82) is 0 Å². The van der Waals surface area contributed by atoms with Crippen LogP contribution in [0.4, 0.5) is 0 Å². The van der Waals surface area contributed by atoms with Crippen LogP contribution in [-0.4, -0.2) is 31.0 Å². The Labute approximate surface area is 115 Å². The molecule has 1 aliphatic heterocycles. The van der Waals surface area contributed by atoms with E-state index in [9.17, 15) is 4.79 Å². The topological polar surface area (TPSA) is 54.0 Å². The summed E-state index contributed by atoms with van der Waals surface area (Å²) in [5.41, 5.74) is 1.04. The van der Waals surface area contributed by atoms with Crippen LogP contribution < -0.4 is 10.6 Å². The van der Waals surface area contributed by atoms with E-state index in [1.165, 1.54) is 5.56 Å². The first-order valence-corrected chi connectivity index (χ1v) is 7.09. The fourth-order valence-corrected chi connectivity index (χ4v) is 2.93. The van der Waals surface area contributed by atoms with E-state index in [-0.39, 0.29) is 11.3 Å². The van der Waals surface area contributed by atoms with Crippen molar-refractivity contribution in [2.45, 2.75) is 32.1 Å². The quantitative estimate of drug-likeness (QED) is 0.845. The molecule has 1 aliphatic rings. The second-order valence-corrected chi connectivity index (χ2v) is 5.35. The van der Waals surface area contributed by atoms with Gasteiger partial charge in [0.15, 0.2) is 0 Å². The van der Waals surface area contributed by atoms with Crippen molar-refractivity contribution in [3.63, 3.8) is 0 Å². The molecule has 4 heteroatoms. The normalized spacial score (nSPS) is 23.0. The summed E-state index contributed by atoms with van der Waals surface area (Å²) in [6.07, 6.45) is 8.74. The number of carbonyl (C=O) groups excluding carboxylic acids is 1. The maximum atomic E-state index is 12.2. The van der Waals surface area contributed by atoms with Crippen LogP contribution in [0.5, 0.6) is 0 Å². The second kappa shape index (κ2) is 6.66. The van der Waals surface area contributed by atoms with E-state index in [4.69, 9.17) is 0 Å². The number of aryl methyl sites for hydroxylation is 1. The van der Waals surface area contributed by atoms with Gasteiger partial charge in [-0.1, -0.05) is 6.07 Å². The summed E-state index contributed by atoms with van der Waals surface area (Å²) in [6, 6.07) is 4.06. The molecule has 0 bridgehead atoms. The van der Waals surface area contributed by atoms with Crippen LogP contribution in [0.2, 0.25) is 0 Å². The van der Waals surface area contributed by atoms with E-state index in [0.717, 1.165) is 45.2 Å². The average Bonchev–Trinajstić information content (AvgIpc) is 2.48. The Morgan fingerprint density at radius 1 is 1.58 bits per heavy atom. The minimum absolute atomic E-state index is 0.186. The first-order valence-electron chi connectivity index (χ1n) is 7.09. The highest BCUT2D eigenvalue weighted by molar-refractivity contribution is 5.82. The molecule has 0 aromatic carbocycles. The number of nitrogens with one attached hydrogen (secondary N) is 2. The predicted molar refractivity (Wildman–Crippen MR) is 75.8 cm³/mol. The first-order chi connectivity index (χ1) is 9.27. The molecule has 1 aromatic rings. The van der Waals surface area contributed by atoms with Crippen molar-refractivity contribution in [1.82, 2.24) is 15.6 Å². The molecule has 1 atom stereocenters. The number of aromatic nitrogens is 1. The number of carbonyl (C=O) groups is 1. The lowest BCUT2D eigenvalue weighted by molar-refractivity contribution is -0.132. The van der Waals surface area contributed by atoms with Gasteiger partial charge in [-0.3, -0.25) is 9.78 Å². The molecule has 0 saturated carbocycles. The number of nitrogens with zero attached hydrogens (tertiary/aromatic N) is 1. The minimum atomic E-state index is -0.213. The van der Waals surface area contributed by atoms with E-state index in [2.05, 4.69) is 21.7 Å². The third-order valence-electron chi connectivity index (χ3n) is 4.02. The van der Waals surface area contributed by atoms with Crippen molar-refractivity contribution in [3.05, 3.63) is 30.1 Å². The Morgan fingerprint density at radius 3 is 3.11 bits per heavy atom. The number of piperidine rings is 1. The van der Waals surface area contributed by atoms with Gasteiger partial charge in [0.25, 0.3) is 0 Å². The van der Waals surface area contributed by atoms with Gasteiger partial charge in [-0.25, -0.2) is 0 Å². The summed E-state index contributed by atoms with van der Waals surface area (Å²) in [4.78, 5) is 16.3. The van der Waals surface area contributed by atoms with Crippen molar-refractivity contribution < 1.29 is 4.79 Å². The zero-order chi connectivity index (χ0) is 13.6. The highest BCUT2D eigenvalue weighted by Gasteiger charge is 2.38. The van der Waals surface area contributed by atoms with Gasteiger partial charge in [0.2, 0.25) is 5.91 Å². The standard InChI is InChI=1S/C15H23N3O/c1-16-14(19)15(8-4-10-18-12-15)7-2-5-13-6-3-9-17-11-13/h3,6,9,11,18H,2,4-5,7-8,10,12H2,1H3,(H,16,19)/t15-/m1/s1. The van der Waals surface area contributed by atoms with Gasteiger partial charge in [-0.2, -0.15) is 0 Å². The maximum Gasteiger partial charge on any atom is 0.227 e. The maximum absolute atomic E-state index is 12.2. The molecule has 1 amide bonds. The predicted octanol–water partition coefficient (Wildman–Crippen LogP) is 1.52. The zero-order valence-electron chi connectivity index (χ0n) is 11.6. The van der Waals surface area contributed by atoms with Crippen molar-refractivity contribution in [2.24, 2.45) is 5.41 Å². The number of hydrogen-bond donors (Lipinski definition) is 2. The monoisotopic (exact) mass is 261 g/mol. The van der Waals surface area contributed by atoms with Gasteiger partial charge >= 0.3 is 0 Å². The van der Waals surface area contributed by atoms with E-state index < -0.39 is 0 Å². The molecule has 19 heavy (non-hydrogen) atoms. The van der Waals surface area contributed by atoms with Gasteiger partial charge in [0, 0.05) is 26.0 Å². The minimum Gasteiger partial charge on any atom is -0.359 e. The van der Waals surface area contributed by atoms with Gasteiger partial charge in [-0.05, 0) is 50.3 Å². The Balaban J connectivity index is 1.91. The zero-order valence-corrected chi connectivity index (χ0v) is 11.6. The van der Waals surface area contributed by atoms with E-state index >= 15 is 0 Å². The smallest absolute Gasteiger partial charge is 0.227 e. The van der Waals surface area contributed by atoms with Crippen LogP contribution in [-0.2, 0) is 11.2 Å². The molecule has 0 unspecified atom stereocenters. The third-order valence-corrected chi connectivity index (χ3v) is 4.02. The molecule has 2 rings (SSSR count). The van der Waals surface area contributed by atoms with Crippen molar-refractivity contribution >= 4 is 5.91 Å². The third kappa shape index (κ3) is 3.53. The lowest BCUT2D eigenvalue weighted by Gasteiger charge is -2.36. The second-order valence-electron chi connectivity index (χ2n) is 5.35. The number of rotatable bonds is 5. The summed E-state index contributed by atoms with van der Waals surface area (Å²) in [5, 5.41) is 6.20. The van der Waals surface area contributed by atoms with Crippen LogP contribution in [0.3, 0.4) is 0 Å². The largest absolute Gasteiger partial charge is 0.359 e. The highest BCUT2D eigenvalue weighted by Crippen LogP contribution is 2.32. The summed E-state index contributed by atoms with van der Waals surface area (Å²) >= 11 is 0. The fraction of sp³-hybridized carbons (Fsp3) is 0.600. The van der Waals surface area contributed by atoms with Crippen molar-refractivity contribution in [2.75, 3.05) is 20.1 Å². The van der Waals surface area contributed by atoms with Gasteiger partial charge in [-0.15, -0.1) is 0 Å². The summed E-state index contributed by atoms with van der Waals surface area (Å²) in [6.45, 7) is 1.83. The molecule has 0 spiro atoms. The molecular weight excluding hydrogens is 238 g/mol. The molecule has 0 radical (unpaired) electrons. The summed E-state index contributed by atoms with van der Waals surface area (Å²) in [7, 11) is 1.74. The molecule has 4 nitrogen and oxygen atoms in total. The van der Waals surface area contributed by atoms with Crippen LogP contribution >= 0.6 is 0 Å². The number of amides is 1. The van der Waals surface area contributed by atoms with Gasteiger partial charge in [0.05, 0.1) is 5.41 Å². The average molecular weight is 261 g/mol. The molecule has 1 fully saturated rings.